The fourth-order valence-corrected chi connectivity index (χ4v) is 5.37. The first-order valence-electron chi connectivity index (χ1n) is 11.7. The predicted octanol–water partition coefficient (Wildman–Crippen LogP) is 3.76. The minimum Gasteiger partial charge on any atom is -0.497 e. The summed E-state index contributed by atoms with van der Waals surface area (Å²) in [6.45, 7) is 3.11. The zero-order valence-electron chi connectivity index (χ0n) is 19.4. The topological polar surface area (TPSA) is 79.4 Å². The van der Waals surface area contributed by atoms with Crippen LogP contribution < -0.4 is 15.4 Å². The van der Waals surface area contributed by atoms with E-state index in [1.54, 1.807) is 6.07 Å². The summed E-state index contributed by atoms with van der Waals surface area (Å²) >= 11 is 1.51. The van der Waals surface area contributed by atoms with Gasteiger partial charge in [-0.3, -0.25) is 9.78 Å². The molecule has 0 spiro atoms. The SMILES string of the molecule is COc1cc(F)c2ncc(F)c(CCN3CCC(NCc4ccc5c(n4)NC(=O)CS5)CC3)c2c1. The molecule has 0 unspecified atom stereocenters. The molecule has 4 heterocycles. The van der Waals surface area contributed by atoms with Gasteiger partial charge in [-0.05, 0) is 50.6 Å². The number of halogens is 2. The molecule has 0 atom stereocenters. The summed E-state index contributed by atoms with van der Waals surface area (Å²) in [4.78, 5) is 23.4. The van der Waals surface area contributed by atoms with E-state index in [1.807, 2.05) is 12.1 Å². The number of likely N-dealkylation sites (tertiary alicyclic amines) is 1. The van der Waals surface area contributed by atoms with Crippen LogP contribution >= 0.6 is 11.8 Å². The highest BCUT2D eigenvalue weighted by atomic mass is 32.2. The molecule has 0 saturated carbocycles. The molecule has 2 aliphatic heterocycles. The number of hydrogen-bond acceptors (Lipinski definition) is 7. The number of pyridine rings is 2. The number of anilines is 1. The predicted molar refractivity (Wildman–Crippen MR) is 132 cm³/mol. The number of nitrogens with zero attached hydrogens (tertiary/aromatic N) is 3. The third kappa shape index (κ3) is 5.39. The summed E-state index contributed by atoms with van der Waals surface area (Å²) < 4.78 is 34.1. The summed E-state index contributed by atoms with van der Waals surface area (Å²) in [6, 6.07) is 7.29. The molecule has 1 fully saturated rings. The van der Waals surface area contributed by atoms with Gasteiger partial charge in [0.1, 0.15) is 22.9 Å². The first-order valence-corrected chi connectivity index (χ1v) is 12.7. The lowest BCUT2D eigenvalue weighted by Crippen LogP contribution is -2.43. The number of aromatic nitrogens is 2. The Hall–Kier alpha value is -2.82. The van der Waals surface area contributed by atoms with Crippen molar-refractivity contribution in [3.63, 3.8) is 0 Å². The molecular formula is C25H27F2N5O2S. The van der Waals surface area contributed by atoms with Crippen LogP contribution in [0.15, 0.2) is 35.4 Å². The second-order valence-electron chi connectivity index (χ2n) is 8.82. The van der Waals surface area contributed by atoms with Crippen LogP contribution in [0.3, 0.4) is 0 Å². The molecule has 1 aromatic carbocycles. The number of benzene rings is 1. The van der Waals surface area contributed by atoms with E-state index >= 15 is 0 Å². The van der Waals surface area contributed by atoms with Gasteiger partial charge in [-0.2, -0.15) is 0 Å². The number of fused-ring (bicyclic) bond motifs is 2. The molecule has 2 N–H and O–H groups in total. The molecule has 1 amide bonds. The lowest BCUT2D eigenvalue weighted by molar-refractivity contribution is -0.113. The van der Waals surface area contributed by atoms with Gasteiger partial charge in [-0.15, -0.1) is 11.8 Å². The van der Waals surface area contributed by atoms with Gasteiger partial charge >= 0.3 is 0 Å². The highest BCUT2D eigenvalue weighted by Gasteiger charge is 2.21. The van der Waals surface area contributed by atoms with Gasteiger partial charge in [0.25, 0.3) is 0 Å². The summed E-state index contributed by atoms with van der Waals surface area (Å²) in [5.41, 5.74) is 1.53. The first-order chi connectivity index (χ1) is 17.0. The number of hydrogen-bond donors (Lipinski definition) is 2. The standard InChI is InChI=1S/C25H27F2N5O2S/c1-34-17-10-19-18(21(27)13-29-24(19)20(26)11-17)6-9-32-7-4-15(5-8-32)28-12-16-2-3-22-25(30-16)31-23(33)14-35-22/h2-3,10-11,13,15,28H,4-9,12,14H2,1H3,(H,30,31,33). The Balaban J connectivity index is 1.15. The quantitative estimate of drug-likeness (QED) is 0.513. The van der Waals surface area contributed by atoms with Crippen LogP contribution in [0.5, 0.6) is 5.75 Å². The lowest BCUT2D eigenvalue weighted by atomic mass is 10.0. The minimum absolute atomic E-state index is 0.0172. The van der Waals surface area contributed by atoms with E-state index < -0.39 is 11.6 Å². The monoisotopic (exact) mass is 499 g/mol. The van der Waals surface area contributed by atoms with Crippen LogP contribution in [0.1, 0.15) is 24.1 Å². The molecule has 7 nitrogen and oxygen atoms in total. The van der Waals surface area contributed by atoms with Gasteiger partial charge in [-0.1, -0.05) is 0 Å². The van der Waals surface area contributed by atoms with Gasteiger partial charge in [0, 0.05) is 36.1 Å². The number of thioether (sulfide) groups is 1. The number of piperidine rings is 1. The number of carbonyl (C=O) groups is 1. The fourth-order valence-electron chi connectivity index (χ4n) is 4.62. The fraction of sp³-hybridized carbons (Fsp3) is 0.400. The van der Waals surface area contributed by atoms with Crippen molar-refractivity contribution in [1.29, 1.82) is 0 Å². The van der Waals surface area contributed by atoms with Crippen LogP contribution in [0.2, 0.25) is 0 Å². The average Bonchev–Trinajstić information content (AvgIpc) is 2.87. The summed E-state index contributed by atoms with van der Waals surface area (Å²) in [5, 5.41) is 6.87. The van der Waals surface area contributed by atoms with Crippen molar-refractivity contribution in [3.8, 4) is 5.75 Å². The Morgan fingerprint density at radius 2 is 2.06 bits per heavy atom. The molecule has 2 aliphatic rings. The molecule has 1 saturated heterocycles. The van der Waals surface area contributed by atoms with Crippen molar-refractivity contribution in [2.75, 3.05) is 37.8 Å². The van der Waals surface area contributed by atoms with Gasteiger partial charge in [0.15, 0.2) is 5.82 Å². The van der Waals surface area contributed by atoms with Gasteiger partial charge in [0.05, 0.1) is 29.6 Å². The van der Waals surface area contributed by atoms with E-state index in [0.717, 1.165) is 42.7 Å². The zero-order chi connectivity index (χ0) is 24.4. The molecular weight excluding hydrogens is 472 g/mol. The highest BCUT2D eigenvalue weighted by Crippen LogP contribution is 2.30. The van der Waals surface area contributed by atoms with E-state index in [-0.39, 0.29) is 11.4 Å². The van der Waals surface area contributed by atoms with Crippen LogP contribution in [0, 0.1) is 11.6 Å². The van der Waals surface area contributed by atoms with Crippen molar-refractivity contribution in [2.24, 2.45) is 0 Å². The van der Waals surface area contributed by atoms with Crippen molar-refractivity contribution in [3.05, 3.63) is 53.4 Å². The Labute approximate surface area is 206 Å². The van der Waals surface area contributed by atoms with E-state index in [4.69, 9.17) is 4.74 Å². The Morgan fingerprint density at radius 1 is 1.23 bits per heavy atom. The first kappa shape index (κ1) is 23.9. The summed E-state index contributed by atoms with van der Waals surface area (Å²) in [6.07, 6.45) is 3.51. The van der Waals surface area contributed by atoms with Gasteiger partial charge in [0.2, 0.25) is 5.91 Å². The summed E-state index contributed by atoms with van der Waals surface area (Å²) in [7, 11) is 1.46. The van der Waals surface area contributed by atoms with Crippen molar-refractivity contribution >= 4 is 34.4 Å². The Bertz CT molecular complexity index is 1250. The van der Waals surface area contributed by atoms with Crippen LogP contribution in [-0.4, -0.2) is 59.3 Å². The number of ether oxygens (including phenoxy) is 1. The molecule has 10 heteroatoms. The number of amides is 1. The third-order valence-electron chi connectivity index (χ3n) is 6.56. The third-order valence-corrected chi connectivity index (χ3v) is 7.61. The van der Waals surface area contributed by atoms with Crippen molar-refractivity contribution in [1.82, 2.24) is 20.2 Å². The van der Waals surface area contributed by atoms with Crippen LogP contribution in [0.25, 0.3) is 10.9 Å². The van der Waals surface area contributed by atoms with Crippen LogP contribution in [-0.2, 0) is 17.8 Å². The largest absolute Gasteiger partial charge is 0.497 e. The minimum atomic E-state index is -0.512. The second-order valence-corrected chi connectivity index (χ2v) is 9.84. The Morgan fingerprint density at radius 3 is 2.86 bits per heavy atom. The molecule has 3 aromatic rings. The lowest BCUT2D eigenvalue weighted by Gasteiger charge is -2.32. The van der Waals surface area contributed by atoms with Gasteiger partial charge in [-0.25, -0.2) is 13.8 Å². The smallest absolute Gasteiger partial charge is 0.235 e. The number of rotatable bonds is 7. The highest BCUT2D eigenvalue weighted by molar-refractivity contribution is 8.00. The maximum Gasteiger partial charge on any atom is 0.235 e. The average molecular weight is 500 g/mol. The molecule has 2 aromatic heterocycles. The molecule has 0 radical (unpaired) electrons. The maximum atomic E-state index is 14.6. The molecule has 0 bridgehead atoms. The number of nitrogens with one attached hydrogen (secondary N) is 2. The van der Waals surface area contributed by atoms with Crippen LogP contribution in [0.4, 0.5) is 14.6 Å². The number of methoxy groups -OCH3 is 1. The van der Waals surface area contributed by atoms with E-state index in [2.05, 4.69) is 25.5 Å². The summed E-state index contributed by atoms with van der Waals surface area (Å²) in [5.74, 6) is 0.478. The molecule has 5 rings (SSSR count). The second kappa shape index (κ2) is 10.4. The zero-order valence-corrected chi connectivity index (χ0v) is 20.3. The van der Waals surface area contributed by atoms with Gasteiger partial charge < -0.3 is 20.3 Å². The maximum absolute atomic E-state index is 14.6. The van der Waals surface area contributed by atoms with E-state index in [9.17, 15) is 13.6 Å². The van der Waals surface area contributed by atoms with Crippen molar-refractivity contribution < 1.29 is 18.3 Å². The van der Waals surface area contributed by atoms with Crippen molar-refractivity contribution in [2.45, 2.75) is 36.7 Å². The molecule has 184 valence electrons. The molecule has 35 heavy (non-hydrogen) atoms. The van der Waals surface area contributed by atoms with E-state index in [0.29, 0.717) is 53.8 Å². The normalized spacial score (nSPS) is 16.8. The van der Waals surface area contributed by atoms with E-state index in [1.165, 1.54) is 24.9 Å². The molecule has 0 aliphatic carbocycles. The number of carbonyl (C=O) groups excluding carboxylic acids is 1. The Kier molecular flexibility index (Phi) is 7.12.